The van der Waals surface area contributed by atoms with Crippen LogP contribution in [0.4, 0.5) is 8.78 Å². The second kappa shape index (κ2) is 9.34. The summed E-state index contributed by atoms with van der Waals surface area (Å²) in [6.45, 7) is 2.58. The molecular formula is C18H20ClF2N2O2+. The number of carbonyl (C=O) groups is 1. The molecule has 134 valence electrons. The Labute approximate surface area is 150 Å². The molecule has 7 heteroatoms. The topological polar surface area (TPSA) is 54.9 Å². The van der Waals surface area contributed by atoms with Gasteiger partial charge in [-0.05, 0) is 43.3 Å². The molecule has 2 aromatic rings. The van der Waals surface area contributed by atoms with Crippen molar-refractivity contribution >= 4 is 17.5 Å². The third-order valence-corrected chi connectivity index (χ3v) is 3.87. The number of carbonyl (C=O) groups excluding carboxylic acids is 1. The van der Waals surface area contributed by atoms with Gasteiger partial charge >= 0.3 is 0 Å². The maximum Gasteiger partial charge on any atom is 0.275 e. The van der Waals surface area contributed by atoms with Crippen LogP contribution in [0.5, 0.6) is 5.75 Å². The van der Waals surface area contributed by atoms with Gasteiger partial charge in [0.05, 0.1) is 6.54 Å². The van der Waals surface area contributed by atoms with Gasteiger partial charge in [0, 0.05) is 16.7 Å². The second-order valence-corrected chi connectivity index (χ2v) is 5.98. The summed E-state index contributed by atoms with van der Waals surface area (Å²) in [6, 6.07) is 10.1. The van der Waals surface area contributed by atoms with Gasteiger partial charge in [0.15, 0.2) is 6.54 Å². The minimum absolute atomic E-state index is 0.138. The third kappa shape index (κ3) is 6.32. The van der Waals surface area contributed by atoms with E-state index in [2.05, 4.69) is 5.32 Å². The number of halogens is 3. The Bertz CT molecular complexity index is 711. The lowest BCUT2D eigenvalue weighted by Gasteiger charge is -2.12. The molecule has 0 aliphatic carbocycles. The van der Waals surface area contributed by atoms with E-state index in [1.165, 1.54) is 12.1 Å². The van der Waals surface area contributed by atoms with Crippen molar-refractivity contribution in [3.05, 3.63) is 64.7 Å². The van der Waals surface area contributed by atoms with Crippen molar-refractivity contribution in [1.82, 2.24) is 5.32 Å². The van der Waals surface area contributed by atoms with Crippen LogP contribution in [0, 0.1) is 11.6 Å². The van der Waals surface area contributed by atoms with E-state index < -0.39 is 11.6 Å². The molecule has 1 amide bonds. The van der Waals surface area contributed by atoms with Crippen molar-refractivity contribution in [2.75, 3.05) is 19.7 Å². The fourth-order valence-corrected chi connectivity index (χ4v) is 2.37. The first-order valence-electron chi connectivity index (χ1n) is 7.89. The maximum atomic E-state index is 13.7. The first-order chi connectivity index (χ1) is 12.0. The highest BCUT2D eigenvalue weighted by atomic mass is 35.5. The van der Waals surface area contributed by atoms with Crippen LogP contribution in [0.25, 0.3) is 0 Å². The minimum Gasteiger partial charge on any atom is -0.492 e. The molecule has 4 nitrogen and oxygen atoms in total. The van der Waals surface area contributed by atoms with Crippen molar-refractivity contribution in [2.24, 2.45) is 0 Å². The van der Waals surface area contributed by atoms with Gasteiger partial charge in [0.1, 0.15) is 30.0 Å². The van der Waals surface area contributed by atoms with Crippen LogP contribution in [0.3, 0.4) is 0 Å². The highest BCUT2D eigenvalue weighted by Crippen LogP contribution is 2.15. The molecule has 0 spiro atoms. The van der Waals surface area contributed by atoms with E-state index in [4.69, 9.17) is 16.3 Å². The first-order valence-corrected chi connectivity index (χ1v) is 8.27. The molecule has 0 radical (unpaired) electrons. The van der Waals surface area contributed by atoms with E-state index in [-0.39, 0.29) is 18.5 Å². The molecule has 0 saturated carbocycles. The van der Waals surface area contributed by atoms with Crippen LogP contribution in [-0.4, -0.2) is 25.6 Å². The minimum atomic E-state index is -0.619. The van der Waals surface area contributed by atoms with Crippen LogP contribution < -0.4 is 15.4 Å². The Kier molecular flexibility index (Phi) is 7.16. The standard InChI is InChI=1S/C18H19ClF2N2O2/c1-12(16-7-4-14(20)10-17(16)21)23-11-18(24)22-8-9-25-15-5-2-13(19)3-6-15/h2-7,10,12,23H,8-9,11H2,1H3,(H,22,24)/p+1/t12-/m1/s1. The SMILES string of the molecule is C[C@@H]([NH2+]CC(=O)NCCOc1ccc(Cl)cc1)c1ccc(F)cc1F. The highest BCUT2D eigenvalue weighted by Gasteiger charge is 2.15. The molecule has 0 heterocycles. The molecule has 0 aliphatic heterocycles. The number of nitrogens with two attached hydrogens (primary N) is 1. The molecule has 0 bridgehead atoms. The lowest BCUT2D eigenvalue weighted by Crippen LogP contribution is -2.87. The van der Waals surface area contributed by atoms with Crippen LogP contribution in [-0.2, 0) is 4.79 Å². The lowest BCUT2D eigenvalue weighted by molar-refractivity contribution is -0.682. The second-order valence-electron chi connectivity index (χ2n) is 5.55. The Hall–Kier alpha value is -2.18. The molecule has 1 atom stereocenters. The van der Waals surface area contributed by atoms with E-state index >= 15 is 0 Å². The number of amides is 1. The van der Waals surface area contributed by atoms with Gasteiger partial charge in [0.2, 0.25) is 0 Å². The normalized spacial score (nSPS) is 11.8. The summed E-state index contributed by atoms with van der Waals surface area (Å²) < 4.78 is 32.0. The van der Waals surface area contributed by atoms with Gasteiger partial charge in [-0.15, -0.1) is 0 Å². The van der Waals surface area contributed by atoms with E-state index in [1.54, 1.807) is 36.5 Å². The molecule has 2 rings (SSSR count). The Morgan fingerprint density at radius 3 is 2.64 bits per heavy atom. The molecule has 0 aromatic heterocycles. The van der Waals surface area contributed by atoms with Crippen LogP contribution in [0.15, 0.2) is 42.5 Å². The smallest absolute Gasteiger partial charge is 0.275 e. The van der Waals surface area contributed by atoms with Crippen LogP contribution >= 0.6 is 11.6 Å². The summed E-state index contributed by atoms with van der Waals surface area (Å²) in [5.74, 6) is -0.743. The van der Waals surface area contributed by atoms with Crippen LogP contribution in [0.2, 0.25) is 5.02 Å². The zero-order chi connectivity index (χ0) is 18.2. The number of nitrogens with one attached hydrogen (secondary N) is 1. The molecular weight excluding hydrogens is 350 g/mol. The average molecular weight is 370 g/mol. The number of ether oxygens (including phenoxy) is 1. The Morgan fingerprint density at radius 1 is 1.24 bits per heavy atom. The van der Waals surface area contributed by atoms with E-state index in [1.807, 2.05) is 0 Å². The fraction of sp³-hybridized carbons (Fsp3) is 0.278. The van der Waals surface area contributed by atoms with Crippen molar-refractivity contribution in [2.45, 2.75) is 13.0 Å². The molecule has 0 saturated heterocycles. The van der Waals surface area contributed by atoms with Crippen molar-refractivity contribution in [1.29, 1.82) is 0 Å². The fourth-order valence-electron chi connectivity index (χ4n) is 2.24. The predicted octanol–water partition coefficient (Wildman–Crippen LogP) is 2.44. The van der Waals surface area contributed by atoms with Crippen molar-refractivity contribution < 1.29 is 23.6 Å². The number of benzene rings is 2. The summed E-state index contributed by atoms with van der Waals surface area (Å²) in [4.78, 5) is 11.8. The molecule has 0 fully saturated rings. The summed E-state index contributed by atoms with van der Waals surface area (Å²) in [6.07, 6.45) is 0. The average Bonchev–Trinajstić information content (AvgIpc) is 2.58. The Morgan fingerprint density at radius 2 is 1.96 bits per heavy atom. The van der Waals surface area contributed by atoms with E-state index in [9.17, 15) is 13.6 Å². The quantitative estimate of drug-likeness (QED) is 0.702. The summed E-state index contributed by atoms with van der Waals surface area (Å²) in [5, 5.41) is 5.03. The van der Waals surface area contributed by atoms with Gasteiger partial charge < -0.3 is 15.4 Å². The lowest BCUT2D eigenvalue weighted by atomic mass is 10.1. The summed E-state index contributed by atoms with van der Waals surface area (Å²) >= 11 is 5.78. The maximum absolute atomic E-state index is 13.7. The monoisotopic (exact) mass is 369 g/mol. The predicted molar refractivity (Wildman–Crippen MR) is 91.5 cm³/mol. The summed E-state index contributed by atoms with van der Waals surface area (Å²) in [7, 11) is 0. The molecule has 0 unspecified atom stereocenters. The zero-order valence-electron chi connectivity index (χ0n) is 13.8. The zero-order valence-corrected chi connectivity index (χ0v) is 14.5. The first kappa shape index (κ1) is 19.1. The highest BCUT2D eigenvalue weighted by molar-refractivity contribution is 6.30. The van der Waals surface area contributed by atoms with Gasteiger partial charge in [-0.2, -0.15) is 0 Å². The van der Waals surface area contributed by atoms with Gasteiger partial charge in [-0.1, -0.05) is 11.6 Å². The number of hydrogen-bond acceptors (Lipinski definition) is 2. The largest absolute Gasteiger partial charge is 0.492 e. The number of hydrogen-bond donors (Lipinski definition) is 2. The van der Waals surface area contributed by atoms with Crippen LogP contribution in [0.1, 0.15) is 18.5 Å². The van der Waals surface area contributed by atoms with Crippen molar-refractivity contribution in [3.8, 4) is 5.75 Å². The third-order valence-electron chi connectivity index (χ3n) is 3.62. The number of quaternary nitrogens is 1. The van der Waals surface area contributed by atoms with E-state index in [0.717, 1.165) is 6.07 Å². The van der Waals surface area contributed by atoms with Crippen molar-refractivity contribution in [3.63, 3.8) is 0 Å². The molecule has 2 aromatic carbocycles. The summed E-state index contributed by atoms with van der Waals surface area (Å²) in [5.41, 5.74) is 0.361. The molecule has 3 N–H and O–H groups in total. The van der Waals surface area contributed by atoms with E-state index in [0.29, 0.717) is 29.5 Å². The number of rotatable bonds is 8. The molecule has 0 aliphatic rings. The Balaban J connectivity index is 1.67. The van der Waals surface area contributed by atoms with Gasteiger partial charge in [-0.3, -0.25) is 4.79 Å². The van der Waals surface area contributed by atoms with Gasteiger partial charge in [-0.25, -0.2) is 8.78 Å². The van der Waals surface area contributed by atoms with Gasteiger partial charge in [0.25, 0.3) is 5.91 Å². The molecule has 25 heavy (non-hydrogen) atoms.